The molecule has 76 heavy (non-hydrogen) atoms. The minimum absolute atomic E-state index is 0.0985. The molecule has 1 atom stereocenters. The third-order valence-electron chi connectivity index (χ3n) is 12.5. The van der Waals surface area contributed by atoms with E-state index in [1.807, 2.05) is 0 Å². The Bertz CT molecular complexity index is 1680. The topological polar surface area (TPSA) is 78.9 Å². The van der Waals surface area contributed by atoms with Gasteiger partial charge in [0.1, 0.15) is 13.2 Å². The van der Waals surface area contributed by atoms with Crippen molar-refractivity contribution in [2.24, 2.45) is 0 Å². The van der Waals surface area contributed by atoms with Gasteiger partial charge in [-0.2, -0.15) is 0 Å². The van der Waals surface area contributed by atoms with Crippen molar-refractivity contribution in [3.63, 3.8) is 0 Å². The number of esters is 3. The fourth-order valence-corrected chi connectivity index (χ4v) is 8.00. The minimum atomic E-state index is -0.802. The molecule has 0 spiro atoms. The van der Waals surface area contributed by atoms with Crippen molar-refractivity contribution in [1.29, 1.82) is 0 Å². The Hall–Kier alpha value is -4.71. The lowest BCUT2D eigenvalue weighted by molar-refractivity contribution is -0.167. The van der Waals surface area contributed by atoms with Crippen molar-refractivity contribution in [3.8, 4) is 0 Å². The van der Waals surface area contributed by atoms with E-state index in [0.717, 1.165) is 167 Å². The summed E-state index contributed by atoms with van der Waals surface area (Å²) in [5, 5.41) is 0. The molecule has 0 saturated heterocycles. The molecular weight excluding hydrogens is 937 g/mol. The highest BCUT2D eigenvalue weighted by Gasteiger charge is 2.19. The Labute approximate surface area is 467 Å². The summed E-state index contributed by atoms with van der Waals surface area (Å²) in [6.07, 6.45) is 90.0. The van der Waals surface area contributed by atoms with Crippen LogP contribution in [0.2, 0.25) is 0 Å². The average Bonchev–Trinajstić information content (AvgIpc) is 3.42. The molecule has 6 heteroatoms. The van der Waals surface area contributed by atoms with Gasteiger partial charge in [0.25, 0.3) is 0 Å². The van der Waals surface area contributed by atoms with Gasteiger partial charge < -0.3 is 14.2 Å². The molecule has 0 aliphatic carbocycles. The maximum Gasteiger partial charge on any atom is 0.306 e. The summed E-state index contributed by atoms with van der Waals surface area (Å²) in [6, 6.07) is 0. The van der Waals surface area contributed by atoms with Crippen LogP contribution in [0.25, 0.3) is 0 Å². The first-order chi connectivity index (χ1) is 37.5. The van der Waals surface area contributed by atoms with Gasteiger partial charge in [0.2, 0.25) is 0 Å². The highest BCUT2D eigenvalue weighted by molar-refractivity contribution is 5.71. The first-order valence-electron chi connectivity index (χ1n) is 30.8. The SMILES string of the molecule is CC/C=C\C/C=C\C/C=C\C/C=C\C/C=C\C/C=C\C/C=C\CCCCCCCCCCCC(=O)OCC(COC(=O)CCCCCCC/C=C\CCC)OC(=O)CCCCCC/C=C\C/C=C\C/C=C\C/C=C\CC. The van der Waals surface area contributed by atoms with Crippen LogP contribution in [0.1, 0.15) is 258 Å². The van der Waals surface area contributed by atoms with E-state index < -0.39 is 6.10 Å². The van der Waals surface area contributed by atoms with Gasteiger partial charge >= 0.3 is 17.9 Å². The molecule has 0 bridgehead atoms. The molecule has 0 aromatic rings. The van der Waals surface area contributed by atoms with Crippen LogP contribution < -0.4 is 0 Å². The Balaban J connectivity index is 4.28. The third kappa shape index (κ3) is 60.2. The second-order valence-electron chi connectivity index (χ2n) is 19.8. The van der Waals surface area contributed by atoms with Gasteiger partial charge in [0, 0.05) is 19.3 Å². The van der Waals surface area contributed by atoms with Crippen molar-refractivity contribution >= 4 is 17.9 Å². The van der Waals surface area contributed by atoms with E-state index in [-0.39, 0.29) is 31.1 Å². The van der Waals surface area contributed by atoms with Crippen LogP contribution in [-0.2, 0) is 28.6 Å². The van der Waals surface area contributed by atoms with Crippen LogP contribution in [0.3, 0.4) is 0 Å². The van der Waals surface area contributed by atoms with E-state index in [1.165, 1.54) is 51.4 Å². The Morgan fingerprint density at radius 2 is 0.513 bits per heavy atom. The predicted octanol–water partition coefficient (Wildman–Crippen LogP) is 21.2. The quantitative estimate of drug-likeness (QED) is 0.0261. The molecule has 428 valence electrons. The highest BCUT2D eigenvalue weighted by atomic mass is 16.6. The van der Waals surface area contributed by atoms with Gasteiger partial charge in [-0.05, 0) is 135 Å². The normalized spacial score (nSPS) is 13.1. The van der Waals surface area contributed by atoms with Crippen LogP contribution in [0.15, 0.2) is 146 Å². The van der Waals surface area contributed by atoms with E-state index in [1.54, 1.807) is 0 Å². The van der Waals surface area contributed by atoms with E-state index in [2.05, 4.69) is 167 Å². The summed E-state index contributed by atoms with van der Waals surface area (Å²) in [4.78, 5) is 38.1. The number of carbonyl (C=O) groups is 3. The van der Waals surface area contributed by atoms with E-state index in [9.17, 15) is 14.4 Å². The molecular formula is C70H112O6. The summed E-state index contributed by atoms with van der Waals surface area (Å²) >= 11 is 0. The monoisotopic (exact) mass is 1050 g/mol. The van der Waals surface area contributed by atoms with Crippen molar-refractivity contribution in [2.75, 3.05) is 13.2 Å². The lowest BCUT2D eigenvalue weighted by Crippen LogP contribution is -2.30. The standard InChI is InChI=1S/C70H112O6/c1-4-7-10-13-16-19-22-24-26-28-29-30-31-32-33-34-35-36-37-38-39-40-41-43-44-46-48-51-54-57-60-63-69(72)75-66-67(65-74-68(71)62-59-56-53-50-21-18-15-12-9-6-3)76-70(73)64-61-58-55-52-49-47-45-42-27-25-23-20-17-14-11-8-5-2/h7-8,10-12,15-17,19-20,24-27,29-30,32-33,35-36,38-39,45,47,67H,4-6,9,13-14,18,21-23,28,31,34,37,40-44,46,48-66H2,1-3H3/b10-7-,11-8-,15-12-,19-16-,20-17-,26-24-,27-25-,30-29-,33-32-,36-35-,39-38-,47-45-. The summed E-state index contributed by atoms with van der Waals surface area (Å²) in [5.74, 6) is -0.943. The molecule has 0 saturated carbocycles. The van der Waals surface area contributed by atoms with E-state index in [0.29, 0.717) is 19.3 Å². The molecule has 0 rings (SSSR count). The largest absolute Gasteiger partial charge is 0.462 e. The van der Waals surface area contributed by atoms with Gasteiger partial charge in [-0.3, -0.25) is 14.4 Å². The predicted molar refractivity (Wildman–Crippen MR) is 329 cm³/mol. The number of carbonyl (C=O) groups excluding carboxylic acids is 3. The first-order valence-corrected chi connectivity index (χ1v) is 30.8. The van der Waals surface area contributed by atoms with Crippen LogP contribution in [-0.4, -0.2) is 37.2 Å². The zero-order valence-electron chi connectivity index (χ0n) is 49.0. The number of rotatable bonds is 54. The maximum absolute atomic E-state index is 12.8. The number of hydrogen-bond acceptors (Lipinski definition) is 6. The number of unbranched alkanes of at least 4 members (excludes halogenated alkanes) is 19. The molecule has 0 aromatic heterocycles. The van der Waals surface area contributed by atoms with E-state index >= 15 is 0 Å². The molecule has 6 nitrogen and oxygen atoms in total. The molecule has 0 N–H and O–H groups in total. The summed E-state index contributed by atoms with van der Waals surface area (Å²) in [6.45, 7) is 6.31. The van der Waals surface area contributed by atoms with Crippen LogP contribution in [0.4, 0.5) is 0 Å². The van der Waals surface area contributed by atoms with Crippen molar-refractivity contribution in [1.82, 2.24) is 0 Å². The summed E-state index contributed by atoms with van der Waals surface area (Å²) in [7, 11) is 0. The van der Waals surface area contributed by atoms with Crippen molar-refractivity contribution < 1.29 is 28.6 Å². The Morgan fingerprint density at radius 1 is 0.276 bits per heavy atom. The molecule has 0 radical (unpaired) electrons. The van der Waals surface area contributed by atoms with Crippen LogP contribution in [0, 0.1) is 0 Å². The fourth-order valence-electron chi connectivity index (χ4n) is 8.00. The fraction of sp³-hybridized carbons (Fsp3) is 0.614. The molecule has 0 aliphatic heterocycles. The Morgan fingerprint density at radius 3 is 0.816 bits per heavy atom. The minimum Gasteiger partial charge on any atom is -0.462 e. The van der Waals surface area contributed by atoms with E-state index in [4.69, 9.17) is 14.2 Å². The number of ether oxygens (including phenoxy) is 3. The molecule has 0 aromatic carbocycles. The molecule has 0 aliphatic rings. The number of allylic oxidation sites excluding steroid dienone is 24. The second-order valence-corrected chi connectivity index (χ2v) is 19.8. The van der Waals surface area contributed by atoms with Crippen molar-refractivity contribution in [3.05, 3.63) is 146 Å². The first kappa shape index (κ1) is 71.3. The zero-order chi connectivity index (χ0) is 55.0. The van der Waals surface area contributed by atoms with Gasteiger partial charge in [0.05, 0.1) is 0 Å². The smallest absolute Gasteiger partial charge is 0.306 e. The van der Waals surface area contributed by atoms with Crippen LogP contribution in [0.5, 0.6) is 0 Å². The molecule has 0 heterocycles. The Kier molecular flexibility index (Phi) is 58.9. The zero-order valence-corrected chi connectivity index (χ0v) is 49.0. The molecule has 0 fully saturated rings. The van der Waals surface area contributed by atoms with Crippen LogP contribution >= 0.6 is 0 Å². The lowest BCUT2D eigenvalue weighted by Gasteiger charge is -2.18. The highest BCUT2D eigenvalue weighted by Crippen LogP contribution is 2.14. The molecule has 1 unspecified atom stereocenters. The van der Waals surface area contributed by atoms with Gasteiger partial charge in [-0.1, -0.05) is 250 Å². The number of hydrogen-bond donors (Lipinski definition) is 0. The van der Waals surface area contributed by atoms with Gasteiger partial charge in [-0.15, -0.1) is 0 Å². The van der Waals surface area contributed by atoms with Crippen molar-refractivity contribution in [2.45, 2.75) is 264 Å². The molecule has 0 amide bonds. The van der Waals surface area contributed by atoms with Gasteiger partial charge in [0.15, 0.2) is 6.10 Å². The lowest BCUT2D eigenvalue weighted by atomic mass is 10.1. The second kappa shape index (κ2) is 62.8. The maximum atomic E-state index is 12.8. The van der Waals surface area contributed by atoms with Gasteiger partial charge in [-0.25, -0.2) is 0 Å². The summed E-state index contributed by atoms with van der Waals surface area (Å²) < 4.78 is 16.8. The third-order valence-corrected chi connectivity index (χ3v) is 12.5. The summed E-state index contributed by atoms with van der Waals surface area (Å²) in [5.41, 5.74) is 0. The average molecular weight is 1050 g/mol.